The van der Waals surface area contributed by atoms with E-state index in [0.29, 0.717) is 19.4 Å². The van der Waals surface area contributed by atoms with Crippen LogP contribution in [0.4, 0.5) is 0 Å². The molecule has 0 radical (unpaired) electrons. The van der Waals surface area contributed by atoms with E-state index < -0.39 is 11.6 Å². The van der Waals surface area contributed by atoms with E-state index in [1.807, 2.05) is 0 Å². The highest BCUT2D eigenvalue weighted by atomic mass is 16.6. The smallest absolute Gasteiger partial charge is 0.338 e. The number of hydrogen-bond acceptors (Lipinski definition) is 3. The molecule has 1 atom stereocenters. The molecule has 0 bridgehead atoms. The summed E-state index contributed by atoms with van der Waals surface area (Å²) in [5.74, 6) is -0.468. The van der Waals surface area contributed by atoms with Crippen LogP contribution in [0.1, 0.15) is 19.8 Å². The van der Waals surface area contributed by atoms with Gasteiger partial charge in [0.25, 0.3) is 0 Å². The van der Waals surface area contributed by atoms with Crippen molar-refractivity contribution in [2.45, 2.75) is 25.4 Å². The van der Waals surface area contributed by atoms with Gasteiger partial charge in [-0.05, 0) is 6.42 Å². The fourth-order valence-electron chi connectivity index (χ4n) is 0.870. The van der Waals surface area contributed by atoms with Crippen LogP contribution in [0, 0.1) is 0 Å². The molecule has 0 saturated carbocycles. The second-order valence-electron chi connectivity index (χ2n) is 2.27. The first-order valence-corrected chi connectivity index (χ1v) is 3.08. The molecule has 1 N–H and O–H groups in total. The maximum absolute atomic E-state index is 10.7. The number of carbonyl (C=O) groups is 1. The molecule has 3 heteroatoms. The maximum Gasteiger partial charge on any atom is 0.338 e. The minimum absolute atomic E-state index is 0.364. The van der Waals surface area contributed by atoms with Gasteiger partial charge in [0, 0.05) is 6.42 Å². The monoisotopic (exact) mass is 130 g/mol. The summed E-state index contributed by atoms with van der Waals surface area (Å²) in [6.07, 6.45) is 0.897. The molecule has 52 valence electrons. The largest absolute Gasteiger partial charge is 0.463 e. The second-order valence-corrected chi connectivity index (χ2v) is 2.27. The van der Waals surface area contributed by atoms with Crippen molar-refractivity contribution < 1.29 is 14.6 Å². The number of esters is 1. The zero-order chi connectivity index (χ0) is 6.91. The Hall–Kier alpha value is -0.570. The lowest BCUT2D eigenvalue weighted by Crippen LogP contribution is -2.32. The minimum Gasteiger partial charge on any atom is -0.463 e. The Morgan fingerprint density at radius 3 is 2.78 bits per heavy atom. The van der Waals surface area contributed by atoms with E-state index in [-0.39, 0.29) is 0 Å². The highest BCUT2D eigenvalue weighted by molar-refractivity contribution is 5.80. The van der Waals surface area contributed by atoms with Crippen molar-refractivity contribution in [3.63, 3.8) is 0 Å². The Labute approximate surface area is 53.6 Å². The number of aliphatic hydroxyl groups is 1. The van der Waals surface area contributed by atoms with Gasteiger partial charge >= 0.3 is 5.97 Å². The summed E-state index contributed by atoms with van der Waals surface area (Å²) >= 11 is 0. The molecule has 1 unspecified atom stereocenters. The van der Waals surface area contributed by atoms with Crippen LogP contribution in [0.5, 0.6) is 0 Å². The highest BCUT2D eigenvalue weighted by Gasteiger charge is 2.40. The van der Waals surface area contributed by atoms with Gasteiger partial charge in [-0.15, -0.1) is 0 Å². The Morgan fingerprint density at radius 2 is 2.56 bits per heavy atom. The SMILES string of the molecule is CCC1(O)CCOC1=O. The summed E-state index contributed by atoms with van der Waals surface area (Å²) in [7, 11) is 0. The van der Waals surface area contributed by atoms with Gasteiger partial charge in [-0.25, -0.2) is 4.79 Å². The molecule has 0 aliphatic carbocycles. The molecule has 0 aromatic carbocycles. The standard InChI is InChI=1S/C6H10O3/c1-2-6(8)3-4-9-5(6)7/h8H,2-4H2,1H3. The van der Waals surface area contributed by atoms with E-state index in [1.54, 1.807) is 6.92 Å². The first-order chi connectivity index (χ1) is 4.19. The number of ether oxygens (including phenoxy) is 1. The van der Waals surface area contributed by atoms with Gasteiger partial charge in [-0.3, -0.25) is 0 Å². The first-order valence-electron chi connectivity index (χ1n) is 3.08. The molecular formula is C6H10O3. The lowest BCUT2D eigenvalue weighted by Gasteiger charge is -2.12. The van der Waals surface area contributed by atoms with Crippen molar-refractivity contribution in [1.29, 1.82) is 0 Å². The summed E-state index contributed by atoms with van der Waals surface area (Å²) < 4.78 is 4.57. The molecule has 0 aromatic heterocycles. The van der Waals surface area contributed by atoms with E-state index in [2.05, 4.69) is 4.74 Å². The van der Waals surface area contributed by atoms with Crippen LogP contribution in [0.25, 0.3) is 0 Å². The lowest BCUT2D eigenvalue weighted by molar-refractivity contribution is -0.153. The van der Waals surface area contributed by atoms with E-state index in [4.69, 9.17) is 0 Å². The van der Waals surface area contributed by atoms with Crippen molar-refractivity contribution >= 4 is 5.97 Å². The molecule has 1 aliphatic heterocycles. The molecule has 0 amide bonds. The topological polar surface area (TPSA) is 46.5 Å². The molecule has 9 heavy (non-hydrogen) atoms. The van der Waals surface area contributed by atoms with E-state index in [9.17, 15) is 9.90 Å². The van der Waals surface area contributed by atoms with Gasteiger partial charge in [0.15, 0.2) is 5.60 Å². The van der Waals surface area contributed by atoms with Crippen LogP contribution in [0.15, 0.2) is 0 Å². The van der Waals surface area contributed by atoms with Crippen molar-refractivity contribution in [1.82, 2.24) is 0 Å². The van der Waals surface area contributed by atoms with Crippen LogP contribution >= 0.6 is 0 Å². The third-order valence-corrected chi connectivity index (χ3v) is 1.71. The van der Waals surface area contributed by atoms with Crippen LogP contribution < -0.4 is 0 Å². The third kappa shape index (κ3) is 0.920. The van der Waals surface area contributed by atoms with Crippen molar-refractivity contribution in [3.8, 4) is 0 Å². The fourth-order valence-corrected chi connectivity index (χ4v) is 0.870. The zero-order valence-corrected chi connectivity index (χ0v) is 5.39. The van der Waals surface area contributed by atoms with E-state index in [1.165, 1.54) is 0 Å². The second kappa shape index (κ2) is 1.99. The predicted octanol–water partition coefficient (Wildman–Crippen LogP) is 0.0744. The first kappa shape index (κ1) is 6.55. The van der Waals surface area contributed by atoms with Crippen LogP contribution in [-0.4, -0.2) is 23.3 Å². The number of cyclic esters (lactones) is 1. The van der Waals surface area contributed by atoms with Crippen LogP contribution in [0.2, 0.25) is 0 Å². The Morgan fingerprint density at radius 1 is 1.89 bits per heavy atom. The Balaban J connectivity index is 2.67. The Kier molecular flexibility index (Phi) is 1.45. The third-order valence-electron chi connectivity index (χ3n) is 1.71. The van der Waals surface area contributed by atoms with E-state index >= 15 is 0 Å². The number of rotatable bonds is 1. The molecule has 1 rings (SSSR count). The van der Waals surface area contributed by atoms with Crippen molar-refractivity contribution in [2.24, 2.45) is 0 Å². The van der Waals surface area contributed by atoms with E-state index in [0.717, 1.165) is 0 Å². The van der Waals surface area contributed by atoms with Gasteiger partial charge < -0.3 is 9.84 Å². The van der Waals surface area contributed by atoms with Gasteiger partial charge in [0.05, 0.1) is 6.61 Å². The average molecular weight is 130 g/mol. The number of hydrogen-bond donors (Lipinski definition) is 1. The molecule has 1 heterocycles. The quantitative estimate of drug-likeness (QED) is 0.511. The molecule has 0 spiro atoms. The normalized spacial score (nSPS) is 34.7. The summed E-state index contributed by atoms with van der Waals surface area (Å²) in [6.45, 7) is 2.13. The zero-order valence-electron chi connectivity index (χ0n) is 5.39. The molecule has 1 aliphatic rings. The van der Waals surface area contributed by atoms with Crippen LogP contribution in [0.3, 0.4) is 0 Å². The maximum atomic E-state index is 10.7. The fraction of sp³-hybridized carbons (Fsp3) is 0.833. The van der Waals surface area contributed by atoms with Crippen molar-refractivity contribution in [2.75, 3.05) is 6.61 Å². The molecule has 0 aromatic rings. The van der Waals surface area contributed by atoms with Gasteiger partial charge in [-0.2, -0.15) is 0 Å². The van der Waals surface area contributed by atoms with Gasteiger partial charge in [-0.1, -0.05) is 6.92 Å². The predicted molar refractivity (Wildman–Crippen MR) is 30.8 cm³/mol. The van der Waals surface area contributed by atoms with Crippen molar-refractivity contribution in [3.05, 3.63) is 0 Å². The minimum atomic E-state index is -1.17. The molecular weight excluding hydrogens is 120 g/mol. The molecule has 1 fully saturated rings. The highest BCUT2D eigenvalue weighted by Crippen LogP contribution is 2.22. The summed E-state index contributed by atoms with van der Waals surface area (Å²) in [4.78, 5) is 10.7. The summed E-state index contributed by atoms with van der Waals surface area (Å²) in [6, 6.07) is 0. The summed E-state index contributed by atoms with van der Waals surface area (Å²) in [5, 5.41) is 9.29. The van der Waals surface area contributed by atoms with Crippen LogP contribution in [-0.2, 0) is 9.53 Å². The Bertz CT molecular complexity index is 132. The molecule has 1 saturated heterocycles. The van der Waals surface area contributed by atoms with Gasteiger partial charge in [0.2, 0.25) is 0 Å². The lowest BCUT2D eigenvalue weighted by atomic mass is 10.00. The number of carbonyl (C=O) groups excluding carboxylic acids is 1. The van der Waals surface area contributed by atoms with Gasteiger partial charge in [0.1, 0.15) is 0 Å². The average Bonchev–Trinajstić information content (AvgIpc) is 2.15. The summed E-state index contributed by atoms with van der Waals surface area (Å²) in [5.41, 5.74) is -1.17. The molecule has 3 nitrogen and oxygen atoms in total.